The standard InChI is InChI=1S/C16H26N2O3/c1-4-13(3)18-9-6-14(17-18)12-15(19)16(21-5-2)7-10-20-11-8-16/h6,9,13H,4-5,7-8,10-12H2,1-3H3. The number of hydrogen-bond donors (Lipinski definition) is 0. The molecule has 0 aliphatic carbocycles. The summed E-state index contributed by atoms with van der Waals surface area (Å²) in [6, 6.07) is 2.29. The number of nitrogens with zero attached hydrogens (tertiary/aromatic N) is 2. The van der Waals surface area contributed by atoms with E-state index < -0.39 is 5.60 Å². The van der Waals surface area contributed by atoms with Gasteiger partial charge in [-0.3, -0.25) is 9.48 Å². The predicted molar refractivity (Wildman–Crippen MR) is 80.4 cm³/mol. The lowest BCUT2D eigenvalue weighted by atomic mass is 9.87. The molecule has 21 heavy (non-hydrogen) atoms. The van der Waals surface area contributed by atoms with Crippen molar-refractivity contribution in [2.45, 2.75) is 58.1 Å². The van der Waals surface area contributed by atoms with Crippen LogP contribution < -0.4 is 0 Å². The Morgan fingerprint density at radius 3 is 2.81 bits per heavy atom. The molecule has 1 fully saturated rings. The maximum Gasteiger partial charge on any atom is 0.170 e. The SMILES string of the molecule is CCOC1(C(=O)Cc2ccn(C(C)CC)n2)CCOCC1. The normalized spacial score (nSPS) is 19.4. The van der Waals surface area contributed by atoms with Crippen molar-refractivity contribution < 1.29 is 14.3 Å². The topological polar surface area (TPSA) is 53.4 Å². The molecule has 0 radical (unpaired) electrons. The molecule has 0 saturated carbocycles. The molecule has 5 nitrogen and oxygen atoms in total. The molecule has 2 rings (SSSR count). The van der Waals surface area contributed by atoms with Crippen LogP contribution in [-0.2, 0) is 20.7 Å². The third-order valence-electron chi connectivity index (χ3n) is 4.28. The number of Topliss-reactive ketones (excluding diaryl/α,β-unsaturated/α-hetero) is 1. The van der Waals surface area contributed by atoms with E-state index in [1.54, 1.807) is 0 Å². The van der Waals surface area contributed by atoms with Crippen molar-refractivity contribution in [3.05, 3.63) is 18.0 Å². The molecule has 0 aromatic carbocycles. The summed E-state index contributed by atoms with van der Waals surface area (Å²) in [5, 5.41) is 4.52. The Bertz CT molecular complexity index is 458. The first kappa shape index (κ1) is 16.2. The van der Waals surface area contributed by atoms with Gasteiger partial charge in [-0.2, -0.15) is 5.10 Å². The summed E-state index contributed by atoms with van der Waals surface area (Å²) in [7, 11) is 0. The fourth-order valence-corrected chi connectivity index (χ4v) is 2.71. The number of rotatable bonds is 7. The fraction of sp³-hybridized carbons (Fsp3) is 0.750. The molecule has 118 valence electrons. The van der Waals surface area contributed by atoms with Gasteiger partial charge in [0.2, 0.25) is 0 Å². The molecule has 1 aliphatic rings. The van der Waals surface area contributed by atoms with Crippen molar-refractivity contribution in [3.8, 4) is 0 Å². The van der Waals surface area contributed by atoms with Crippen molar-refractivity contribution in [2.24, 2.45) is 0 Å². The van der Waals surface area contributed by atoms with E-state index in [0.717, 1.165) is 12.1 Å². The van der Waals surface area contributed by atoms with Crippen LogP contribution in [0, 0.1) is 0 Å². The Kier molecular flexibility index (Phi) is 5.53. The number of aromatic nitrogens is 2. The summed E-state index contributed by atoms with van der Waals surface area (Å²) in [5.41, 5.74) is 0.151. The van der Waals surface area contributed by atoms with E-state index in [4.69, 9.17) is 9.47 Å². The number of carbonyl (C=O) groups is 1. The van der Waals surface area contributed by atoms with Gasteiger partial charge in [0.05, 0.1) is 12.1 Å². The van der Waals surface area contributed by atoms with Crippen molar-refractivity contribution in [3.63, 3.8) is 0 Å². The highest BCUT2D eigenvalue weighted by Gasteiger charge is 2.40. The second kappa shape index (κ2) is 7.18. The summed E-state index contributed by atoms with van der Waals surface area (Å²) in [6.07, 6.45) is 4.60. The summed E-state index contributed by atoms with van der Waals surface area (Å²) < 4.78 is 13.1. The monoisotopic (exact) mass is 294 g/mol. The fourth-order valence-electron chi connectivity index (χ4n) is 2.71. The first-order valence-corrected chi connectivity index (χ1v) is 7.90. The quantitative estimate of drug-likeness (QED) is 0.775. The molecule has 5 heteroatoms. The Labute approximate surface area is 126 Å². The zero-order chi connectivity index (χ0) is 15.3. The van der Waals surface area contributed by atoms with Crippen LogP contribution in [0.3, 0.4) is 0 Å². The molecule has 1 aromatic heterocycles. The van der Waals surface area contributed by atoms with Gasteiger partial charge in [-0.15, -0.1) is 0 Å². The highest BCUT2D eigenvalue weighted by atomic mass is 16.5. The van der Waals surface area contributed by atoms with Crippen molar-refractivity contribution in [1.29, 1.82) is 0 Å². The van der Waals surface area contributed by atoms with Crippen LogP contribution >= 0.6 is 0 Å². The van der Waals surface area contributed by atoms with Crippen molar-refractivity contribution in [1.82, 2.24) is 9.78 Å². The van der Waals surface area contributed by atoms with Gasteiger partial charge in [0.25, 0.3) is 0 Å². The lowest BCUT2D eigenvalue weighted by molar-refractivity contribution is -0.156. The average molecular weight is 294 g/mol. The van der Waals surface area contributed by atoms with Crippen molar-refractivity contribution >= 4 is 5.78 Å². The first-order valence-electron chi connectivity index (χ1n) is 7.90. The largest absolute Gasteiger partial charge is 0.381 e. The number of ketones is 1. The highest BCUT2D eigenvalue weighted by molar-refractivity contribution is 5.89. The van der Waals surface area contributed by atoms with Crippen LogP contribution in [0.15, 0.2) is 12.3 Å². The highest BCUT2D eigenvalue weighted by Crippen LogP contribution is 2.27. The van der Waals surface area contributed by atoms with E-state index >= 15 is 0 Å². The third kappa shape index (κ3) is 3.71. The molecular formula is C16H26N2O3. The summed E-state index contributed by atoms with van der Waals surface area (Å²) in [4.78, 5) is 12.7. The minimum absolute atomic E-state index is 0.127. The average Bonchev–Trinajstić information content (AvgIpc) is 2.96. The van der Waals surface area contributed by atoms with Gasteiger partial charge in [-0.25, -0.2) is 0 Å². The third-order valence-corrected chi connectivity index (χ3v) is 4.28. The van der Waals surface area contributed by atoms with Gasteiger partial charge in [-0.05, 0) is 26.3 Å². The zero-order valence-corrected chi connectivity index (χ0v) is 13.3. The van der Waals surface area contributed by atoms with Crippen molar-refractivity contribution in [2.75, 3.05) is 19.8 Å². The van der Waals surface area contributed by atoms with Crippen LogP contribution in [-0.4, -0.2) is 41.0 Å². The van der Waals surface area contributed by atoms with E-state index in [1.807, 2.05) is 23.9 Å². The number of ether oxygens (including phenoxy) is 2. The minimum Gasteiger partial charge on any atom is -0.381 e. The van der Waals surface area contributed by atoms with Crippen LogP contribution in [0.2, 0.25) is 0 Å². The van der Waals surface area contributed by atoms with Gasteiger partial charge >= 0.3 is 0 Å². The predicted octanol–water partition coefficient (Wildman–Crippen LogP) is 2.55. The molecule has 2 heterocycles. The van der Waals surface area contributed by atoms with E-state index in [-0.39, 0.29) is 5.78 Å². The number of carbonyl (C=O) groups excluding carboxylic acids is 1. The summed E-state index contributed by atoms with van der Waals surface area (Å²) in [5.74, 6) is 0.127. The zero-order valence-electron chi connectivity index (χ0n) is 13.3. The van der Waals surface area contributed by atoms with E-state index in [1.165, 1.54) is 0 Å². The van der Waals surface area contributed by atoms with E-state index in [9.17, 15) is 4.79 Å². The van der Waals surface area contributed by atoms with Gasteiger partial charge in [-0.1, -0.05) is 6.92 Å². The Morgan fingerprint density at radius 1 is 1.48 bits per heavy atom. The molecule has 0 N–H and O–H groups in total. The molecule has 1 aromatic rings. The summed E-state index contributed by atoms with van der Waals surface area (Å²) >= 11 is 0. The molecule has 1 aliphatic heterocycles. The van der Waals surface area contributed by atoms with Gasteiger partial charge in [0.15, 0.2) is 5.78 Å². The maximum atomic E-state index is 12.7. The van der Waals surface area contributed by atoms with Gasteiger partial charge < -0.3 is 9.47 Å². The maximum absolute atomic E-state index is 12.7. The van der Waals surface area contributed by atoms with E-state index in [0.29, 0.717) is 45.1 Å². The lowest BCUT2D eigenvalue weighted by Crippen LogP contribution is -2.47. The summed E-state index contributed by atoms with van der Waals surface area (Å²) in [6.45, 7) is 7.91. The molecule has 0 amide bonds. The molecular weight excluding hydrogens is 268 g/mol. The van der Waals surface area contributed by atoms with Gasteiger partial charge in [0, 0.05) is 44.9 Å². The molecule has 0 bridgehead atoms. The lowest BCUT2D eigenvalue weighted by Gasteiger charge is -2.35. The second-order valence-corrected chi connectivity index (χ2v) is 5.68. The Balaban J connectivity index is 2.06. The Hall–Kier alpha value is -1.20. The van der Waals surface area contributed by atoms with Gasteiger partial charge in [0.1, 0.15) is 5.60 Å². The molecule has 0 spiro atoms. The molecule has 1 unspecified atom stereocenters. The minimum atomic E-state index is -0.673. The van der Waals surface area contributed by atoms with Crippen LogP contribution in [0.25, 0.3) is 0 Å². The molecule has 1 saturated heterocycles. The first-order chi connectivity index (χ1) is 10.1. The van der Waals surface area contributed by atoms with Crippen LogP contribution in [0.4, 0.5) is 0 Å². The smallest absolute Gasteiger partial charge is 0.170 e. The van der Waals surface area contributed by atoms with E-state index in [2.05, 4.69) is 18.9 Å². The Morgan fingerprint density at radius 2 is 2.19 bits per heavy atom. The van der Waals surface area contributed by atoms with Crippen LogP contribution in [0.5, 0.6) is 0 Å². The van der Waals surface area contributed by atoms with Crippen LogP contribution in [0.1, 0.15) is 51.8 Å². The number of hydrogen-bond acceptors (Lipinski definition) is 4. The molecule has 1 atom stereocenters. The second-order valence-electron chi connectivity index (χ2n) is 5.68.